The molecular weight excluding hydrogens is 468 g/mol. The first-order valence-electron chi connectivity index (χ1n) is 13.5. The van der Waals surface area contributed by atoms with Crippen molar-refractivity contribution < 1.29 is 9.59 Å². The van der Waals surface area contributed by atoms with Crippen molar-refractivity contribution in [2.24, 2.45) is 5.92 Å². The topological polar surface area (TPSA) is 49.4 Å². The lowest BCUT2D eigenvalue weighted by Gasteiger charge is -2.32. The van der Waals surface area contributed by atoms with E-state index in [4.69, 9.17) is 0 Å². The van der Waals surface area contributed by atoms with Crippen LogP contribution in [0.25, 0.3) is 10.8 Å². The van der Waals surface area contributed by atoms with E-state index in [0.29, 0.717) is 38.3 Å². The maximum absolute atomic E-state index is 14.0. The zero-order valence-electron chi connectivity index (χ0n) is 22.7. The molecule has 0 aliphatic heterocycles. The van der Waals surface area contributed by atoms with Crippen molar-refractivity contribution in [3.05, 3.63) is 119 Å². The van der Waals surface area contributed by atoms with Gasteiger partial charge in [0.05, 0.1) is 0 Å². The van der Waals surface area contributed by atoms with Crippen molar-refractivity contribution in [3.63, 3.8) is 0 Å². The zero-order valence-corrected chi connectivity index (χ0v) is 22.7. The van der Waals surface area contributed by atoms with E-state index in [1.807, 2.05) is 73.7 Å². The van der Waals surface area contributed by atoms with Gasteiger partial charge in [-0.25, -0.2) is 0 Å². The second-order valence-electron chi connectivity index (χ2n) is 10.5. The summed E-state index contributed by atoms with van der Waals surface area (Å²) in [5.41, 5.74) is 4.34. The van der Waals surface area contributed by atoms with Gasteiger partial charge in [-0.2, -0.15) is 0 Å². The van der Waals surface area contributed by atoms with Crippen LogP contribution in [-0.4, -0.2) is 29.3 Å². The molecule has 0 saturated carbocycles. The van der Waals surface area contributed by atoms with Crippen molar-refractivity contribution >= 4 is 22.6 Å². The molecule has 0 aromatic heterocycles. The Morgan fingerprint density at radius 1 is 0.816 bits per heavy atom. The van der Waals surface area contributed by atoms with E-state index < -0.39 is 6.04 Å². The van der Waals surface area contributed by atoms with Crippen LogP contribution in [0.4, 0.5) is 0 Å². The maximum atomic E-state index is 14.0. The quantitative estimate of drug-likeness (QED) is 0.253. The van der Waals surface area contributed by atoms with Gasteiger partial charge in [0.25, 0.3) is 0 Å². The van der Waals surface area contributed by atoms with Crippen LogP contribution in [0.2, 0.25) is 0 Å². The molecule has 0 aliphatic carbocycles. The van der Waals surface area contributed by atoms with Crippen molar-refractivity contribution in [1.29, 1.82) is 0 Å². The minimum atomic E-state index is -0.600. The minimum absolute atomic E-state index is 0.0138. The largest absolute Gasteiger partial charge is 0.354 e. The molecule has 0 aliphatic rings. The highest BCUT2D eigenvalue weighted by molar-refractivity contribution is 5.89. The second-order valence-corrected chi connectivity index (χ2v) is 10.5. The Morgan fingerprint density at radius 3 is 2.26 bits per heavy atom. The average molecular weight is 507 g/mol. The second kappa shape index (κ2) is 13.0. The number of carbonyl (C=O) groups excluding carboxylic acids is 2. The highest BCUT2D eigenvalue weighted by atomic mass is 16.2. The number of nitrogens with one attached hydrogen (secondary N) is 1. The van der Waals surface area contributed by atoms with E-state index >= 15 is 0 Å². The van der Waals surface area contributed by atoms with Gasteiger partial charge in [-0.05, 0) is 46.7 Å². The predicted octanol–water partition coefficient (Wildman–Crippen LogP) is 6.49. The molecule has 1 N–H and O–H groups in total. The highest BCUT2D eigenvalue weighted by Crippen LogP contribution is 2.22. The lowest BCUT2D eigenvalue weighted by Crippen LogP contribution is -2.51. The van der Waals surface area contributed by atoms with Crippen LogP contribution in [0.15, 0.2) is 97.1 Å². The van der Waals surface area contributed by atoms with Crippen molar-refractivity contribution in [3.8, 4) is 0 Å². The summed E-state index contributed by atoms with van der Waals surface area (Å²) in [7, 11) is 0. The van der Waals surface area contributed by atoms with Crippen LogP contribution >= 0.6 is 0 Å². The fourth-order valence-corrected chi connectivity index (χ4v) is 4.88. The van der Waals surface area contributed by atoms with Gasteiger partial charge in [-0.3, -0.25) is 9.59 Å². The van der Waals surface area contributed by atoms with Gasteiger partial charge in [0.2, 0.25) is 11.8 Å². The number of aryl methyl sites for hydroxylation is 2. The number of benzene rings is 4. The molecule has 0 unspecified atom stereocenters. The Morgan fingerprint density at radius 2 is 1.50 bits per heavy atom. The molecule has 4 heteroatoms. The third kappa shape index (κ3) is 7.32. The lowest BCUT2D eigenvalue weighted by atomic mass is 9.99. The summed E-state index contributed by atoms with van der Waals surface area (Å²) in [5.74, 6) is 0.206. The van der Waals surface area contributed by atoms with E-state index in [1.54, 1.807) is 4.90 Å². The Hall–Kier alpha value is -3.92. The van der Waals surface area contributed by atoms with Crippen LogP contribution in [0, 0.1) is 12.8 Å². The van der Waals surface area contributed by atoms with Crippen LogP contribution in [0.3, 0.4) is 0 Å². The minimum Gasteiger partial charge on any atom is -0.354 e. The Balaban J connectivity index is 1.64. The predicted molar refractivity (Wildman–Crippen MR) is 156 cm³/mol. The smallest absolute Gasteiger partial charge is 0.243 e. The fraction of sp³-hybridized carbons (Fsp3) is 0.294. The van der Waals surface area contributed by atoms with Crippen molar-refractivity contribution in [2.45, 2.75) is 52.6 Å². The first kappa shape index (κ1) is 27.1. The van der Waals surface area contributed by atoms with Crippen LogP contribution < -0.4 is 5.32 Å². The molecule has 0 radical (unpaired) electrons. The molecule has 0 spiro atoms. The SMILES string of the molecule is Cc1cccc(CN(C(=O)CCc2cccc3ccccc23)[C@H](Cc2ccccc2)C(=O)NCC(C)C)c1. The molecule has 0 heterocycles. The van der Waals surface area contributed by atoms with E-state index in [2.05, 4.69) is 49.5 Å². The number of nitrogens with zero attached hydrogens (tertiary/aromatic N) is 1. The highest BCUT2D eigenvalue weighted by Gasteiger charge is 2.30. The van der Waals surface area contributed by atoms with Gasteiger partial charge in [0, 0.05) is 25.9 Å². The fourth-order valence-electron chi connectivity index (χ4n) is 4.88. The van der Waals surface area contributed by atoms with Gasteiger partial charge in [0.15, 0.2) is 0 Å². The summed E-state index contributed by atoms with van der Waals surface area (Å²) in [5, 5.41) is 5.44. The van der Waals surface area contributed by atoms with Crippen LogP contribution in [-0.2, 0) is 29.0 Å². The van der Waals surface area contributed by atoms with E-state index in [-0.39, 0.29) is 11.8 Å². The molecular formula is C34H38N2O2. The van der Waals surface area contributed by atoms with Crippen molar-refractivity contribution in [1.82, 2.24) is 10.2 Å². The molecule has 0 fully saturated rings. The molecule has 4 aromatic rings. The normalized spacial score (nSPS) is 11.9. The molecule has 2 amide bonds. The zero-order chi connectivity index (χ0) is 26.9. The van der Waals surface area contributed by atoms with E-state index in [1.165, 1.54) is 10.8 Å². The van der Waals surface area contributed by atoms with Crippen LogP contribution in [0.1, 0.15) is 42.5 Å². The molecule has 38 heavy (non-hydrogen) atoms. The van der Waals surface area contributed by atoms with Gasteiger partial charge in [-0.1, -0.05) is 116 Å². The van der Waals surface area contributed by atoms with Gasteiger partial charge in [-0.15, -0.1) is 0 Å². The van der Waals surface area contributed by atoms with Crippen LogP contribution in [0.5, 0.6) is 0 Å². The molecule has 4 rings (SSSR count). The third-order valence-corrected chi connectivity index (χ3v) is 6.88. The molecule has 0 bridgehead atoms. The number of rotatable bonds is 11. The number of hydrogen-bond donors (Lipinski definition) is 1. The van der Waals surface area contributed by atoms with Gasteiger partial charge < -0.3 is 10.2 Å². The Labute approximate surface area is 226 Å². The summed E-state index contributed by atoms with van der Waals surface area (Å²) < 4.78 is 0. The van der Waals surface area contributed by atoms with E-state index in [0.717, 1.165) is 22.3 Å². The monoisotopic (exact) mass is 506 g/mol. The summed E-state index contributed by atoms with van der Waals surface area (Å²) >= 11 is 0. The number of amides is 2. The number of carbonyl (C=O) groups is 2. The number of fused-ring (bicyclic) bond motifs is 1. The Kier molecular flexibility index (Phi) is 9.31. The molecule has 196 valence electrons. The summed E-state index contributed by atoms with van der Waals surface area (Å²) in [4.78, 5) is 29.4. The average Bonchev–Trinajstić information content (AvgIpc) is 2.93. The first-order chi connectivity index (χ1) is 18.4. The van der Waals surface area contributed by atoms with Gasteiger partial charge >= 0.3 is 0 Å². The maximum Gasteiger partial charge on any atom is 0.243 e. The summed E-state index contributed by atoms with van der Waals surface area (Å²) in [6, 6.07) is 32.1. The lowest BCUT2D eigenvalue weighted by molar-refractivity contribution is -0.141. The Bertz CT molecular complexity index is 1360. The molecule has 4 nitrogen and oxygen atoms in total. The van der Waals surface area contributed by atoms with Crippen molar-refractivity contribution in [2.75, 3.05) is 6.54 Å². The number of hydrogen-bond acceptors (Lipinski definition) is 2. The van der Waals surface area contributed by atoms with Gasteiger partial charge in [0.1, 0.15) is 6.04 Å². The molecule has 1 atom stereocenters. The molecule has 0 saturated heterocycles. The summed E-state index contributed by atoms with van der Waals surface area (Å²) in [6.45, 7) is 7.17. The third-order valence-electron chi connectivity index (χ3n) is 6.88. The first-order valence-corrected chi connectivity index (χ1v) is 13.5. The van der Waals surface area contributed by atoms with E-state index in [9.17, 15) is 9.59 Å². The summed E-state index contributed by atoms with van der Waals surface area (Å²) in [6.07, 6.45) is 1.43. The molecule has 4 aromatic carbocycles. The standard InChI is InChI=1S/C34H38N2O2/c1-25(2)23-35-34(38)32(22-27-12-5-4-6-13-27)36(24-28-14-9-11-26(3)21-28)33(37)20-19-30-17-10-16-29-15-7-8-18-31(29)30/h4-18,21,25,32H,19-20,22-24H2,1-3H3,(H,35,38)/t32-/m1/s1.